The van der Waals surface area contributed by atoms with Crippen molar-refractivity contribution in [1.29, 1.82) is 0 Å². The van der Waals surface area contributed by atoms with E-state index >= 15 is 0 Å². The van der Waals surface area contributed by atoms with Crippen LogP contribution in [0.2, 0.25) is 0 Å². The summed E-state index contributed by atoms with van der Waals surface area (Å²) in [5.41, 5.74) is 5.99. The highest BCUT2D eigenvalue weighted by molar-refractivity contribution is 5.98. The molecule has 2 rings (SSSR count). The maximum absolute atomic E-state index is 12.5. The molecule has 0 spiro atoms. The molecule has 2 amide bonds. The third-order valence-electron chi connectivity index (χ3n) is 3.69. The second-order valence-electron chi connectivity index (χ2n) is 5.14. The van der Waals surface area contributed by atoms with Gasteiger partial charge in [-0.1, -0.05) is 18.2 Å². The predicted octanol–water partition coefficient (Wildman–Crippen LogP) is 0.366. The molecule has 1 aromatic rings. The molecular weight excluding hydrogens is 244 g/mol. The van der Waals surface area contributed by atoms with Crippen molar-refractivity contribution >= 4 is 11.8 Å². The average Bonchev–Trinajstić information content (AvgIpc) is 2.73. The van der Waals surface area contributed by atoms with E-state index in [2.05, 4.69) is 0 Å². The molecule has 0 aliphatic carbocycles. The van der Waals surface area contributed by atoms with Crippen LogP contribution in [0.4, 0.5) is 0 Å². The summed E-state index contributed by atoms with van der Waals surface area (Å²) in [6.45, 7) is 4.05. The molecule has 1 atom stereocenters. The van der Waals surface area contributed by atoms with Gasteiger partial charge in [-0.2, -0.15) is 0 Å². The van der Waals surface area contributed by atoms with Crippen molar-refractivity contribution in [1.82, 2.24) is 4.90 Å². The van der Waals surface area contributed by atoms with Crippen molar-refractivity contribution in [3.05, 3.63) is 34.9 Å². The van der Waals surface area contributed by atoms with E-state index in [0.717, 1.165) is 11.1 Å². The highest BCUT2D eigenvalue weighted by Gasteiger charge is 2.43. The molecule has 102 valence electrons. The van der Waals surface area contributed by atoms with Gasteiger partial charge < -0.3 is 15.7 Å². The lowest BCUT2D eigenvalue weighted by atomic mass is 10.0. The lowest BCUT2D eigenvalue weighted by molar-refractivity contribution is -0.134. The molecule has 1 fully saturated rings. The molecule has 3 N–H and O–H groups in total. The smallest absolute Gasteiger partial charge is 0.254 e. The quantitative estimate of drug-likeness (QED) is 0.807. The van der Waals surface area contributed by atoms with Crippen LogP contribution >= 0.6 is 0 Å². The normalized spacial score (nSPS) is 22.6. The molecule has 1 aromatic carbocycles. The number of nitrogens with two attached hydrogens (primary N) is 1. The van der Waals surface area contributed by atoms with Crippen molar-refractivity contribution in [3.63, 3.8) is 0 Å². The minimum Gasteiger partial charge on any atom is -0.378 e. The summed E-state index contributed by atoms with van der Waals surface area (Å²) in [5, 5.41) is 10.0. The lowest BCUT2D eigenvalue weighted by Crippen LogP contribution is -2.46. The molecule has 1 unspecified atom stereocenters. The molecule has 5 nitrogen and oxygen atoms in total. The lowest BCUT2D eigenvalue weighted by Gasteiger charge is -2.21. The Morgan fingerprint density at radius 1 is 1.32 bits per heavy atom. The molecule has 0 aromatic heterocycles. The summed E-state index contributed by atoms with van der Waals surface area (Å²) in [4.78, 5) is 25.1. The third-order valence-corrected chi connectivity index (χ3v) is 3.69. The van der Waals surface area contributed by atoms with Gasteiger partial charge in [0, 0.05) is 18.5 Å². The number of nitrogens with zero attached hydrogens (tertiary/aromatic N) is 1. The fraction of sp³-hybridized carbons (Fsp3) is 0.429. The van der Waals surface area contributed by atoms with E-state index in [-0.39, 0.29) is 18.9 Å². The maximum Gasteiger partial charge on any atom is 0.254 e. The molecule has 1 aliphatic rings. The Balaban J connectivity index is 2.25. The number of rotatable bonds is 2. The number of amides is 2. The van der Waals surface area contributed by atoms with E-state index in [1.165, 1.54) is 4.90 Å². The van der Waals surface area contributed by atoms with Crippen molar-refractivity contribution in [3.8, 4) is 0 Å². The van der Waals surface area contributed by atoms with Gasteiger partial charge in [0.25, 0.3) is 11.8 Å². The van der Waals surface area contributed by atoms with Crippen molar-refractivity contribution in [2.75, 3.05) is 13.1 Å². The van der Waals surface area contributed by atoms with Gasteiger partial charge in [0.05, 0.1) is 6.54 Å². The number of hydrogen-bond acceptors (Lipinski definition) is 3. The first-order valence-electron chi connectivity index (χ1n) is 6.23. The summed E-state index contributed by atoms with van der Waals surface area (Å²) >= 11 is 0. The topological polar surface area (TPSA) is 83.6 Å². The maximum atomic E-state index is 12.5. The van der Waals surface area contributed by atoms with Gasteiger partial charge >= 0.3 is 0 Å². The van der Waals surface area contributed by atoms with E-state index in [0.29, 0.717) is 12.1 Å². The van der Waals surface area contributed by atoms with Gasteiger partial charge in [-0.15, -0.1) is 0 Å². The van der Waals surface area contributed by atoms with Crippen LogP contribution in [0.15, 0.2) is 18.2 Å². The zero-order valence-electron chi connectivity index (χ0n) is 11.1. The van der Waals surface area contributed by atoms with Gasteiger partial charge in [0.2, 0.25) is 0 Å². The molecule has 19 heavy (non-hydrogen) atoms. The largest absolute Gasteiger partial charge is 0.378 e. The fourth-order valence-corrected chi connectivity index (χ4v) is 2.48. The number of benzene rings is 1. The predicted molar refractivity (Wildman–Crippen MR) is 70.6 cm³/mol. The molecular formula is C14H18N2O3. The van der Waals surface area contributed by atoms with Crippen LogP contribution in [-0.4, -0.2) is 40.5 Å². The minimum absolute atomic E-state index is 0.0328. The van der Waals surface area contributed by atoms with Crippen LogP contribution in [-0.2, 0) is 4.79 Å². The second-order valence-corrected chi connectivity index (χ2v) is 5.14. The number of carbonyl (C=O) groups is 2. The van der Waals surface area contributed by atoms with Gasteiger partial charge in [-0.05, 0) is 25.0 Å². The van der Waals surface area contributed by atoms with E-state index in [1.807, 2.05) is 32.0 Å². The molecule has 1 aliphatic heterocycles. The molecule has 1 heterocycles. The van der Waals surface area contributed by atoms with Gasteiger partial charge in [0.1, 0.15) is 0 Å². The Hall–Kier alpha value is -1.88. The van der Waals surface area contributed by atoms with Gasteiger partial charge in [-0.25, -0.2) is 0 Å². The standard InChI is InChI=1S/C14H18N2O3/c1-9-4-3-5-10(2)11(9)12(17)16-7-6-14(19,8-16)13(15)18/h3-5,19H,6-8H2,1-2H3,(H2,15,18). The number of primary amides is 1. The van der Waals surface area contributed by atoms with Gasteiger partial charge in [0.15, 0.2) is 5.60 Å². The second kappa shape index (κ2) is 4.66. The number of carbonyl (C=O) groups excluding carboxylic acids is 2. The van der Waals surface area contributed by atoms with Crippen LogP contribution in [0.1, 0.15) is 27.9 Å². The zero-order chi connectivity index (χ0) is 14.2. The van der Waals surface area contributed by atoms with Crippen LogP contribution < -0.4 is 5.73 Å². The first kappa shape index (κ1) is 13.5. The van der Waals surface area contributed by atoms with E-state index < -0.39 is 11.5 Å². The van der Waals surface area contributed by atoms with Crippen molar-refractivity contribution in [2.24, 2.45) is 5.73 Å². The van der Waals surface area contributed by atoms with Crippen LogP contribution in [0.25, 0.3) is 0 Å². The number of hydrogen-bond donors (Lipinski definition) is 2. The molecule has 0 radical (unpaired) electrons. The summed E-state index contributed by atoms with van der Waals surface area (Å²) in [6.07, 6.45) is 0.193. The molecule has 1 saturated heterocycles. The van der Waals surface area contributed by atoms with E-state index in [4.69, 9.17) is 5.73 Å². The van der Waals surface area contributed by atoms with Crippen LogP contribution in [0.5, 0.6) is 0 Å². The highest BCUT2D eigenvalue weighted by Crippen LogP contribution is 2.24. The Kier molecular flexibility index (Phi) is 3.32. The first-order chi connectivity index (χ1) is 8.85. The number of aliphatic hydroxyl groups is 1. The van der Waals surface area contributed by atoms with Crippen LogP contribution in [0, 0.1) is 13.8 Å². The average molecular weight is 262 g/mol. The fourth-order valence-electron chi connectivity index (χ4n) is 2.48. The highest BCUT2D eigenvalue weighted by atomic mass is 16.3. The van der Waals surface area contributed by atoms with Crippen molar-refractivity contribution < 1.29 is 14.7 Å². The SMILES string of the molecule is Cc1cccc(C)c1C(=O)N1CCC(O)(C(N)=O)C1. The van der Waals surface area contributed by atoms with Gasteiger partial charge in [-0.3, -0.25) is 9.59 Å². The molecule has 5 heteroatoms. The van der Waals surface area contributed by atoms with E-state index in [1.54, 1.807) is 0 Å². The van der Waals surface area contributed by atoms with E-state index in [9.17, 15) is 14.7 Å². The number of aryl methyl sites for hydroxylation is 2. The molecule has 0 bridgehead atoms. The monoisotopic (exact) mass is 262 g/mol. The minimum atomic E-state index is -1.59. The Labute approximate surface area is 112 Å². The Morgan fingerprint density at radius 2 is 1.89 bits per heavy atom. The number of β-amino-alcohol motifs (C(OH)–C–C–N with tert-alkyl or cyclic N) is 1. The number of likely N-dealkylation sites (tertiary alicyclic amines) is 1. The first-order valence-corrected chi connectivity index (χ1v) is 6.23. The summed E-state index contributed by atoms with van der Waals surface area (Å²) in [6, 6.07) is 5.64. The summed E-state index contributed by atoms with van der Waals surface area (Å²) < 4.78 is 0. The van der Waals surface area contributed by atoms with Crippen molar-refractivity contribution in [2.45, 2.75) is 25.9 Å². The zero-order valence-corrected chi connectivity index (χ0v) is 11.1. The molecule has 0 saturated carbocycles. The summed E-state index contributed by atoms with van der Waals surface area (Å²) in [5.74, 6) is -0.933. The summed E-state index contributed by atoms with van der Waals surface area (Å²) in [7, 11) is 0. The Morgan fingerprint density at radius 3 is 2.37 bits per heavy atom. The Bertz CT molecular complexity index is 521. The van der Waals surface area contributed by atoms with Crippen LogP contribution in [0.3, 0.4) is 0 Å². The third kappa shape index (κ3) is 2.33.